The monoisotopic (exact) mass is 418 g/mol. The average Bonchev–Trinajstić information content (AvgIpc) is 2.59. The highest BCUT2D eigenvalue weighted by Gasteiger charge is 2.24. The van der Waals surface area contributed by atoms with Crippen molar-refractivity contribution in [1.29, 1.82) is 0 Å². The van der Waals surface area contributed by atoms with Crippen LogP contribution in [0.15, 0.2) is 68.4 Å². The molecule has 6 nitrogen and oxygen atoms in total. The van der Waals surface area contributed by atoms with Gasteiger partial charge in [0.15, 0.2) is 0 Å². The number of benzene rings is 2. The number of carboxylic acids is 1. The van der Waals surface area contributed by atoms with Crippen LogP contribution in [0.5, 0.6) is 0 Å². The molecular formula is C17H9BrNO5S-. The van der Waals surface area contributed by atoms with E-state index in [4.69, 9.17) is 0 Å². The van der Waals surface area contributed by atoms with Gasteiger partial charge in [0.1, 0.15) is 0 Å². The maximum absolute atomic E-state index is 12.5. The molecule has 0 amide bonds. The standard InChI is InChI=1S/C17H10BrNO5S/c18-14-9-15(12-3-1-2-4-13(12)16(14)20)19-25(23,24)11-7-5-10(6-8-11)17(21)22/h1-9H,(H,21,22)/p-1. The summed E-state index contributed by atoms with van der Waals surface area (Å²) in [6, 6.07) is 11.1. The number of halogens is 1. The van der Waals surface area contributed by atoms with E-state index in [0.717, 1.165) is 24.3 Å². The fraction of sp³-hybridized carbons (Fsp3) is 0. The third kappa shape index (κ3) is 3.31. The van der Waals surface area contributed by atoms with Crippen LogP contribution in [0.4, 0.5) is 0 Å². The highest BCUT2D eigenvalue weighted by molar-refractivity contribution is 9.12. The molecule has 0 unspecified atom stereocenters. The van der Waals surface area contributed by atoms with Crippen molar-refractivity contribution >= 4 is 43.4 Å². The van der Waals surface area contributed by atoms with Crippen LogP contribution in [0, 0.1) is 0 Å². The van der Waals surface area contributed by atoms with E-state index in [1.54, 1.807) is 24.3 Å². The van der Waals surface area contributed by atoms with Crippen molar-refractivity contribution < 1.29 is 23.1 Å². The number of nitrogens with zero attached hydrogens (tertiary/aromatic N) is 1. The molecule has 0 heterocycles. The zero-order valence-corrected chi connectivity index (χ0v) is 14.9. The van der Waals surface area contributed by atoms with Gasteiger partial charge in [-0.25, -0.2) is 0 Å². The molecule has 0 saturated heterocycles. The Balaban J connectivity index is 2.10. The number of allylic oxidation sites excluding steroid dienone is 2. The zero-order chi connectivity index (χ0) is 18.2. The summed E-state index contributed by atoms with van der Waals surface area (Å²) in [5, 5.41) is 10.7. The minimum atomic E-state index is -4.09. The highest BCUT2D eigenvalue weighted by Crippen LogP contribution is 2.26. The quantitative estimate of drug-likeness (QED) is 0.754. The minimum absolute atomic E-state index is 0.117. The molecule has 0 fully saturated rings. The highest BCUT2D eigenvalue weighted by atomic mass is 79.9. The van der Waals surface area contributed by atoms with Gasteiger partial charge in [0.05, 0.1) is 21.1 Å². The number of hydrogen-bond acceptors (Lipinski definition) is 5. The van der Waals surface area contributed by atoms with E-state index in [0.29, 0.717) is 11.1 Å². The number of fused-ring (bicyclic) bond motifs is 1. The van der Waals surface area contributed by atoms with E-state index in [1.807, 2.05) is 0 Å². The molecule has 0 aromatic heterocycles. The number of carboxylic acid groups (broad SMARTS) is 1. The molecule has 126 valence electrons. The van der Waals surface area contributed by atoms with Crippen molar-refractivity contribution in [3.63, 3.8) is 0 Å². The Kier molecular flexibility index (Phi) is 4.40. The van der Waals surface area contributed by atoms with Gasteiger partial charge < -0.3 is 9.90 Å². The Morgan fingerprint density at radius 2 is 1.60 bits per heavy atom. The van der Waals surface area contributed by atoms with E-state index in [2.05, 4.69) is 20.3 Å². The average molecular weight is 419 g/mol. The third-order valence-electron chi connectivity index (χ3n) is 3.53. The molecule has 0 N–H and O–H groups in total. The lowest BCUT2D eigenvalue weighted by Crippen LogP contribution is -2.22. The molecule has 0 aliphatic heterocycles. The fourth-order valence-corrected chi connectivity index (χ4v) is 3.74. The van der Waals surface area contributed by atoms with Gasteiger partial charge in [-0.1, -0.05) is 36.4 Å². The van der Waals surface area contributed by atoms with Gasteiger partial charge in [-0.3, -0.25) is 4.79 Å². The summed E-state index contributed by atoms with van der Waals surface area (Å²) in [7, 11) is -4.09. The first-order valence-corrected chi connectivity index (χ1v) is 9.20. The van der Waals surface area contributed by atoms with Crippen LogP contribution in [-0.4, -0.2) is 25.9 Å². The summed E-state index contributed by atoms with van der Waals surface area (Å²) < 4.78 is 29.0. The number of ketones is 1. The van der Waals surface area contributed by atoms with Gasteiger partial charge in [0.25, 0.3) is 10.0 Å². The second kappa shape index (κ2) is 6.38. The number of sulfonamides is 1. The Labute approximate surface area is 151 Å². The van der Waals surface area contributed by atoms with Crippen LogP contribution in [-0.2, 0) is 10.0 Å². The van der Waals surface area contributed by atoms with Crippen LogP contribution in [0.2, 0.25) is 0 Å². The topological polar surface area (TPSA) is 104 Å². The first-order chi connectivity index (χ1) is 11.8. The van der Waals surface area contributed by atoms with Crippen LogP contribution in [0.25, 0.3) is 0 Å². The van der Waals surface area contributed by atoms with Crippen molar-refractivity contribution in [2.45, 2.75) is 4.90 Å². The first kappa shape index (κ1) is 17.2. The number of aromatic carboxylic acids is 1. The van der Waals surface area contributed by atoms with Crippen molar-refractivity contribution in [2.75, 3.05) is 0 Å². The largest absolute Gasteiger partial charge is 0.545 e. The lowest BCUT2D eigenvalue weighted by molar-refractivity contribution is -0.255. The van der Waals surface area contributed by atoms with E-state index in [-0.39, 0.29) is 26.4 Å². The van der Waals surface area contributed by atoms with Gasteiger partial charge in [-0.2, -0.15) is 12.8 Å². The lowest BCUT2D eigenvalue weighted by Gasteiger charge is -2.14. The molecule has 2 aromatic rings. The van der Waals surface area contributed by atoms with Gasteiger partial charge >= 0.3 is 0 Å². The fourth-order valence-electron chi connectivity index (χ4n) is 2.32. The Morgan fingerprint density at radius 1 is 1.00 bits per heavy atom. The maximum Gasteiger partial charge on any atom is 0.282 e. The van der Waals surface area contributed by atoms with Gasteiger partial charge in [0, 0.05) is 11.1 Å². The second-order valence-electron chi connectivity index (χ2n) is 5.13. The molecule has 2 aromatic carbocycles. The van der Waals surface area contributed by atoms with Crippen LogP contribution in [0.3, 0.4) is 0 Å². The van der Waals surface area contributed by atoms with E-state index in [1.165, 1.54) is 6.08 Å². The predicted molar refractivity (Wildman–Crippen MR) is 92.3 cm³/mol. The summed E-state index contributed by atoms with van der Waals surface area (Å²) in [5.41, 5.74) is 0.734. The smallest absolute Gasteiger partial charge is 0.282 e. The molecule has 0 atom stereocenters. The van der Waals surface area contributed by atoms with Crippen molar-refractivity contribution in [3.8, 4) is 0 Å². The number of hydrogen-bond donors (Lipinski definition) is 0. The van der Waals surface area contributed by atoms with E-state index >= 15 is 0 Å². The van der Waals surface area contributed by atoms with Crippen LogP contribution < -0.4 is 5.11 Å². The molecule has 3 rings (SSSR count). The summed E-state index contributed by atoms with van der Waals surface area (Å²) >= 11 is 3.12. The van der Waals surface area contributed by atoms with Gasteiger partial charge in [-0.05, 0) is 39.7 Å². The molecule has 1 aliphatic carbocycles. The van der Waals surface area contributed by atoms with Gasteiger partial charge in [0.2, 0.25) is 5.78 Å². The summed E-state index contributed by atoms with van der Waals surface area (Å²) in [5.74, 6) is -1.66. The molecule has 0 bridgehead atoms. The number of carbonyl (C=O) groups is 2. The molecule has 8 heteroatoms. The Bertz CT molecular complexity index is 1050. The first-order valence-electron chi connectivity index (χ1n) is 6.97. The van der Waals surface area contributed by atoms with Crippen molar-refractivity contribution in [1.82, 2.24) is 0 Å². The summed E-state index contributed by atoms with van der Waals surface area (Å²) in [6.07, 6.45) is 1.34. The summed E-state index contributed by atoms with van der Waals surface area (Å²) in [4.78, 5) is 22.7. The Morgan fingerprint density at radius 3 is 2.20 bits per heavy atom. The number of rotatable bonds is 3. The SMILES string of the molecule is O=C([O-])c1ccc(S(=O)(=O)N=C2C=C(Br)C(=O)c3ccccc32)cc1. The number of carbonyl (C=O) groups excluding carboxylic acids is 2. The van der Waals surface area contributed by atoms with Crippen LogP contribution >= 0.6 is 15.9 Å². The number of Topliss-reactive ketones (excluding diaryl/α,β-unsaturated/α-hetero) is 1. The van der Waals surface area contributed by atoms with E-state index in [9.17, 15) is 23.1 Å². The molecule has 0 spiro atoms. The Hall–Kier alpha value is -2.58. The molecule has 25 heavy (non-hydrogen) atoms. The van der Waals surface area contributed by atoms with Crippen molar-refractivity contribution in [2.24, 2.45) is 4.40 Å². The van der Waals surface area contributed by atoms with Crippen LogP contribution in [0.1, 0.15) is 26.3 Å². The molecular weight excluding hydrogens is 410 g/mol. The normalized spacial score (nSPS) is 15.6. The van der Waals surface area contributed by atoms with Gasteiger partial charge in [-0.15, -0.1) is 0 Å². The molecule has 0 saturated carbocycles. The maximum atomic E-state index is 12.5. The minimum Gasteiger partial charge on any atom is -0.545 e. The summed E-state index contributed by atoms with van der Waals surface area (Å²) in [6.45, 7) is 0. The van der Waals surface area contributed by atoms with E-state index < -0.39 is 16.0 Å². The predicted octanol–water partition coefficient (Wildman–Crippen LogP) is 1.70. The lowest BCUT2D eigenvalue weighted by atomic mass is 9.94. The van der Waals surface area contributed by atoms with Crippen molar-refractivity contribution in [3.05, 3.63) is 75.8 Å². The molecule has 0 radical (unpaired) electrons. The zero-order valence-electron chi connectivity index (χ0n) is 12.5. The third-order valence-corrected chi connectivity index (χ3v) is 5.43. The second-order valence-corrected chi connectivity index (χ2v) is 7.59. The molecule has 1 aliphatic rings.